The van der Waals surface area contributed by atoms with Crippen LogP contribution in [0.15, 0.2) is 42.5 Å². The lowest BCUT2D eigenvalue weighted by molar-refractivity contribution is 0.911. The van der Waals surface area contributed by atoms with E-state index in [0.29, 0.717) is 5.88 Å². The van der Waals surface area contributed by atoms with Gasteiger partial charge in [0.1, 0.15) is 0 Å². The zero-order valence-corrected chi connectivity index (χ0v) is 11.7. The normalized spacial score (nSPS) is 13.3. The number of hydrogen-bond donors (Lipinski definition) is 1. The Balaban J connectivity index is 1.65. The predicted molar refractivity (Wildman–Crippen MR) is 81.8 cm³/mol. The van der Waals surface area contributed by atoms with Crippen LogP contribution in [-0.4, -0.2) is 0 Å². The molecule has 0 fully saturated rings. The lowest BCUT2D eigenvalue weighted by atomic mass is 10.1. The molecule has 1 N–H and O–H groups in total. The molecule has 0 aliphatic heterocycles. The van der Waals surface area contributed by atoms with E-state index in [1.165, 1.54) is 36.0 Å². The maximum atomic E-state index is 5.79. The molecule has 3 rings (SSSR count). The van der Waals surface area contributed by atoms with Crippen molar-refractivity contribution in [3.8, 4) is 0 Å². The average molecular weight is 272 g/mol. The van der Waals surface area contributed by atoms with Crippen LogP contribution in [-0.2, 0) is 25.3 Å². The van der Waals surface area contributed by atoms with Crippen molar-refractivity contribution in [2.75, 3.05) is 5.32 Å². The highest BCUT2D eigenvalue weighted by atomic mass is 35.5. The van der Waals surface area contributed by atoms with E-state index in [4.69, 9.17) is 11.6 Å². The van der Waals surface area contributed by atoms with Gasteiger partial charge in [0.05, 0.1) is 0 Å². The fraction of sp³-hybridized carbons (Fsp3) is 0.294. The molecule has 0 spiro atoms. The lowest BCUT2D eigenvalue weighted by Crippen LogP contribution is -2.00. The number of halogens is 1. The van der Waals surface area contributed by atoms with Crippen LogP contribution in [0.5, 0.6) is 0 Å². The molecule has 1 aliphatic rings. The molecule has 98 valence electrons. The van der Waals surface area contributed by atoms with Crippen LogP contribution in [0.2, 0.25) is 0 Å². The van der Waals surface area contributed by atoms with Gasteiger partial charge in [-0.15, -0.1) is 11.6 Å². The van der Waals surface area contributed by atoms with E-state index in [0.717, 1.165) is 17.8 Å². The molecule has 0 unspecified atom stereocenters. The number of anilines is 1. The standard InChI is InChI=1S/C17H18ClN/c18-11-13-5-8-17(9-6-13)19-12-14-4-7-15-2-1-3-16(15)10-14/h4-10,19H,1-3,11-12H2. The van der Waals surface area contributed by atoms with Gasteiger partial charge in [-0.1, -0.05) is 30.3 Å². The van der Waals surface area contributed by atoms with E-state index in [9.17, 15) is 0 Å². The molecule has 1 nitrogen and oxygen atoms in total. The summed E-state index contributed by atoms with van der Waals surface area (Å²) in [5, 5.41) is 3.46. The summed E-state index contributed by atoms with van der Waals surface area (Å²) < 4.78 is 0. The van der Waals surface area contributed by atoms with Crippen LogP contribution in [0.4, 0.5) is 5.69 Å². The van der Waals surface area contributed by atoms with E-state index in [1.807, 2.05) is 0 Å². The van der Waals surface area contributed by atoms with Gasteiger partial charge in [0.15, 0.2) is 0 Å². The van der Waals surface area contributed by atoms with Gasteiger partial charge in [-0.05, 0) is 53.6 Å². The average Bonchev–Trinajstić information content (AvgIpc) is 2.93. The number of alkyl halides is 1. The molecule has 0 amide bonds. The number of fused-ring (bicyclic) bond motifs is 1. The summed E-state index contributed by atoms with van der Waals surface area (Å²) in [7, 11) is 0. The molecule has 2 aromatic rings. The van der Waals surface area contributed by atoms with Crippen molar-refractivity contribution in [3.63, 3.8) is 0 Å². The number of aryl methyl sites for hydroxylation is 2. The van der Waals surface area contributed by atoms with Gasteiger partial charge in [-0.2, -0.15) is 0 Å². The topological polar surface area (TPSA) is 12.0 Å². The zero-order valence-electron chi connectivity index (χ0n) is 11.0. The summed E-state index contributed by atoms with van der Waals surface area (Å²) >= 11 is 5.79. The second kappa shape index (κ2) is 5.66. The predicted octanol–water partition coefficient (Wildman–Crippen LogP) is 4.53. The SMILES string of the molecule is ClCc1ccc(NCc2ccc3c(c2)CCC3)cc1. The molecule has 0 saturated carbocycles. The number of nitrogens with one attached hydrogen (secondary N) is 1. The Morgan fingerprint density at radius 3 is 2.42 bits per heavy atom. The van der Waals surface area contributed by atoms with E-state index in [1.54, 1.807) is 0 Å². The Morgan fingerprint density at radius 1 is 0.895 bits per heavy atom. The summed E-state index contributed by atoms with van der Waals surface area (Å²) in [5.74, 6) is 0.575. The van der Waals surface area contributed by atoms with E-state index in [-0.39, 0.29) is 0 Å². The maximum Gasteiger partial charge on any atom is 0.0474 e. The Hall–Kier alpha value is -1.47. The third kappa shape index (κ3) is 2.93. The number of rotatable bonds is 4. The molecular weight excluding hydrogens is 254 g/mol. The molecule has 1 aliphatic carbocycles. The van der Waals surface area contributed by atoms with Gasteiger partial charge >= 0.3 is 0 Å². The lowest BCUT2D eigenvalue weighted by Gasteiger charge is -2.09. The summed E-state index contributed by atoms with van der Waals surface area (Å²) in [6, 6.07) is 15.2. The number of benzene rings is 2. The highest BCUT2D eigenvalue weighted by Crippen LogP contribution is 2.23. The third-order valence-electron chi connectivity index (χ3n) is 3.77. The molecule has 0 bridgehead atoms. The summed E-state index contributed by atoms with van der Waals surface area (Å²) in [4.78, 5) is 0. The monoisotopic (exact) mass is 271 g/mol. The maximum absolute atomic E-state index is 5.79. The van der Waals surface area contributed by atoms with E-state index in [2.05, 4.69) is 47.8 Å². The molecule has 0 heterocycles. The molecule has 2 heteroatoms. The van der Waals surface area contributed by atoms with Crippen LogP contribution >= 0.6 is 11.6 Å². The second-order valence-corrected chi connectivity index (χ2v) is 5.41. The Labute approximate surface area is 119 Å². The number of hydrogen-bond acceptors (Lipinski definition) is 1. The molecule has 0 radical (unpaired) electrons. The van der Waals surface area contributed by atoms with Crippen molar-refractivity contribution < 1.29 is 0 Å². The van der Waals surface area contributed by atoms with Crippen molar-refractivity contribution in [1.29, 1.82) is 0 Å². The molecule has 0 saturated heterocycles. The van der Waals surface area contributed by atoms with Crippen molar-refractivity contribution in [2.24, 2.45) is 0 Å². The van der Waals surface area contributed by atoms with Crippen LogP contribution in [0.25, 0.3) is 0 Å². The molecule has 0 aromatic heterocycles. The summed E-state index contributed by atoms with van der Waals surface area (Å²) in [6.45, 7) is 0.882. The highest BCUT2D eigenvalue weighted by Gasteiger charge is 2.10. The fourth-order valence-corrected chi connectivity index (χ4v) is 2.83. The van der Waals surface area contributed by atoms with Gasteiger partial charge in [-0.3, -0.25) is 0 Å². The molecule has 0 atom stereocenters. The second-order valence-electron chi connectivity index (χ2n) is 5.14. The van der Waals surface area contributed by atoms with Gasteiger partial charge in [-0.25, -0.2) is 0 Å². The van der Waals surface area contributed by atoms with Gasteiger partial charge in [0, 0.05) is 18.1 Å². The summed E-state index contributed by atoms with van der Waals surface area (Å²) in [6.07, 6.45) is 3.81. The minimum Gasteiger partial charge on any atom is -0.381 e. The van der Waals surface area contributed by atoms with Gasteiger partial charge in [0.25, 0.3) is 0 Å². The van der Waals surface area contributed by atoms with Gasteiger partial charge < -0.3 is 5.32 Å². The Morgan fingerprint density at radius 2 is 1.63 bits per heavy atom. The quantitative estimate of drug-likeness (QED) is 0.806. The first-order valence-corrected chi connectivity index (χ1v) is 7.38. The zero-order chi connectivity index (χ0) is 13.1. The van der Waals surface area contributed by atoms with Crippen LogP contribution in [0.3, 0.4) is 0 Å². The van der Waals surface area contributed by atoms with E-state index < -0.39 is 0 Å². The first-order valence-electron chi connectivity index (χ1n) is 6.84. The first-order chi connectivity index (χ1) is 9.35. The van der Waals surface area contributed by atoms with Crippen LogP contribution < -0.4 is 5.32 Å². The Kier molecular flexibility index (Phi) is 3.74. The minimum absolute atomic E-state index is 0.575. The molecular formula is C17H18ClN. The van der Waals surface area contributed by atoms with Crippen LogP contribution in [0, 0.1) is 0 Å². The van der Waals surface area contributed by atoms with Crippen molar-refractivity contribution >= 4 is 17.3 Å². The largest absolute Gasteiger partial charge is 0.381 e. The third-order valence-corrected chi connectivity index (χ3v) is 4.08. The smallest absolute Gasteiger partial charge is 0.0474 e. The first kappa shape index (κ1) is 12.6. The molecule has 2 aromatic carbocycles. The van der Waals surface area contributed by atoms with Crippen molar-refractivity contribution in [1.82, 2.24) is 0 Å². The summed E-state index contributed by atoms with van der Waals surface area (Å²) in [5.41, 5.74) is 6.74. The van der Waals surface area contributed by atoms with Crippen LogP contribution in [0.1, 0.15) is 28.7 Å². The molecule has 19 heavy (non-hydrogen) atoms. The fourth-order valence-electron chi connectivity index (χ4n) is 2.65. The minimum atomic E-state index is 0.575. The van der Waals surface area contributed by atoms with Crippen molar-refractivity contribution in [2.45, 2.75) is 31.7 Å². The highest BCUT2D eigenvalue weighted by molar-refractivity contribution is 6.17. The van der Waals surface area contributed by atoms with Crippen molar-refractivity contribution in [3.05, 3.63) is 64.7 Å². The van der Waals surface area contributed by atoms with E-state index >= 15 is 0 Å². The Bertz CT molecular complexity index is 560. The van der Waals surface area contributed by atoms with Gasteiger partial charge in [0.2, 0.25) is 0 Å².